The third kappa shape index (κ3) is 2.73. The number of methoxy groups -OCH3 is 1. The normalized spacial score (nSPS) is 14.9. The lowest BCUT2D eigenvalue weighted by Crippen LogP contribution is -2.26. The summed E-state index contributed by atoms with van der Waals surface area (Å²) in [5.41, 5.74) is 8.89. The van der Waals surface area contributed by atoms with Crippen molar-refractivity contribution in [3.8, 4) is 11.4 Å². The monoisotopic (exact) mass is 417 g/mol. The third-order valence-electron chi connectivity index (χ3n) is 6.84. The number of hydrogen-bond acceptors (Lipinski definition) is 6. The highest BCUT2D eigenvalue weighted by Gasteiger charge is 2.31. The van der Waals surface area contributed by atoms with Crippen LogP contribution in [0.2, 0.25) is 0 Å². The van der Waals surface area contributed by atoms with Crippen LogP contribution in [0.1, 0.15) is 51.4 Å². The largest absolute Gasteiger partial charge is 0.380 e. The van der Waals surface area contributed by atoms with Crippen molar-refractivity contribution in [3.05, 3.63) is 66.3 Å². The number of fused-ring (bicyclic) bond motifs is 4. The molecule has 7 nitrogen and oxygen atoms in total. The maximum absolute atomic E-state index is 13.4. The number of hydrogen-bond donors (Lipinski definition) is 0. The van der Waals surface area contributed by atoms with E-state index in [1.54, 1.807) is 10.6 Å². The summed E-state index contributed by atoms with van der Waals surface area (Å²) in [7, 11) is 1.48. The van der Waals surface area contributed by atoms with Gasteiger partial charge in [0.1, 0.15) is 0 Å². The number of pyridine rings is 2. The van der Waals surface area contributed by atoms with Gasteiger partial charge in [0, 0.05) is 29.2 Å². The molecule has 5 rings (SSSR count). The average molecular weight is 417 g/mol. The number of nitroso groups, excluding NO2 is 1. The molecule has 1 unspecified atom stereocenters. The Bertz CT molecular complexity index is 1330. The first-order valence-electron chi connectivity index (χ1n) is 10.5. The molecule has 158 valence electrons. The molecule has 3 aromatic rings. The maximum atomic E-state index is 13.4. The molecule has 0 amide bonds. The van der Waals surface area contributed by atoms with E-state index in [4.69, 9.17) is 9.72 Å². The van der Waals surface area contributed by atoms with Gasteiger partial charge in [0.2, 0.25) is 0 Å². The van der Waals surface area contributed by atoms with Crippen LogP contribution in [0, 0.1) is 18.8 Å². The van der Waals surface area contributed by atoms with Crippen LogP contribution in [-0.2, 0) is 35.5 Å². The van der Waals surface area contributed by atoms with E-state index in [2.05, 4.69) is 25.1 Å². The third-order valence-corrected chi connectivity index (χ3v) is 6.84. The molecule has 0 saturated carbocycles. The van der Waals surface area contributed by atoms with Crippen LogP contribution in [-0.4, -0.2) is 22.9 Å². The second-order valence-electron chi connectivity index (χ2n) is 8.44. The lowest BCUT2D eigenvalue weighted by Gasteiger charge is -2.22. The molecular weight excluding hydrogens is 394 g/mol. The van der Waals surface area contributed by atoms with Gasteiger partial charge >= 0.3 is 0 Å². The van der Waals surface area contributed by atoms with Crippen molar-refractivity contribution in [2.24, 2.45) is 5.18 Å². The lowest BCUT2D eigenvalue weighted by atomic mass is 9.83. The van der Waals surface area contributed by atoms with E-state index in [-0.39, 0.29) is 12.2 Å². The minimum Gasteiger partial charge on any atom is -0.380 e. The van der Waals surface area contributed by atoms with Gasteiger partial charge in [-0.2, -0.15) is 0 Å². The Balaban J connectivity index is 1.84. The maximum Gasteiger partial charge on any atom is 0.257 e. The van der Waals surface area contributed by atoms with E-state index >= 15 is 0 Å². The van der Waals surface area contributed by atoms with Crippen LogP contribution in [0.3, 0.4) is 0 Å². The zero-order chi connectivity index (χ0) is 21.9. The van der Waals surface area contributed by atoms with Crippen molar-refractivity contribution < 1.29 is 9.53 Å². The summed E-state index contributed by atoms with van der Waals surface area (Å²) in [4.78, 5) is 41.1. The van der Waals surface area contributed by atoms with Gasteiger partial charge < -0.3 is 14.1 Å². The number of nitrogens with zero attached hydrogens (tertiary/aromatic N) is 3. The highest BCUT2D eigenvalue weighted by atomic mass is 16.5. The molecule has 1 aliphatic carbocycles. The van der Waals surface area contributed by atoms with E-state index < -0.39 is 6.04 Å². The smallest absolute Gasteiger partial charge is 0.257 e. The zero-order valence-electron chi connectivity index (χ0n) is 17.8. The quantitative estimate of drug-likeness (QED) is 0.365. The highest BCUT2D eigenvalue weighted by Crippen LogP contribution is 2.41. The molecule has 0 bridgehead atoms. The Kier molecular flexibility index (Phi) is 4.59. The molecule has 0 spiro atoms. The van der Waals surface area contributed by atoms with Crippen molar-refractivity contribution in [1.29, 1.82) is 0 Å². The van der Waals surface area contributed by atoms with Gasteiger partial charge in [-0.05, 0) is 67.5 Å². The lowest BCUT2D eigenvalue weighted by molar-refractivity contribution is -0.109. The second-order valence-corrected chi connectivity index (χ2v) is 8.44. The zero-order valence-corrected chi connectivity index (χ0v) is 17.8. The minimum atomic E-state index is -1.25. The van der Waals surface area contributed by atoms with E-state index in [0.717, 1.165) is 36.0 Å². The van der Waals surface area contributed by atoms with Gasteiger partial charge in [0.15, 0.2) is 12.3 Å². The van der Waals surface area contributed by atoms with E-state index in [1.165, 1.54) is 34.7 Å². The summed E-state index contributed by atoms with van der Waals surface area (Å²) >= 11 is 0. The average Bonchev–Trinajstić information content (AvgIpc) is 3.14. The molecule has 0 radical (unpaired) electrons. The van der Waals surface area contributed by atoms with Crippen LogP contribution in [0.15, 0.2) is 22.1 Å². The number of aldehydes is 1. The van der Waals surface area contributed by atoms with Crippen LogP contribution in [0.4, 0.5) is 0 Å². The summed E-state index contributed by atoms with van der Waals surface area (Å²) in [5.74, 6) is 0. The predicted molar refractivity (Wildman–Crippen MR) is 117 cm³/mol. The molecule has 0 N–H and O–H groups in total. The molecule has 2 aliphatic rings. The van der Waals surface area contributed by atoms with Gasteiger partial charge in [-0.3, -0.25) is 4.79 Å². The van der Waals surface area contributed by atoms with Crippen molar-refractivity contribution in [1.82, 2.24) is 9.55 Å². The van der Waals surface area contributed by atoms with Gasteiger partial charge in [0.05, 0.1) is 30.1 Å². The van der Waals surface area contributed by atoms with Gasteiger partial charge in [0.25, 0.3) is 5.56 Å². The summed E-state index contributed by atoms with van der Waals surface area (Å²) < 4.78 is 6.88. The van der Waals surface area contributed by atoms with Crippen LogP contribution < -0.4 is 5.56 Å². The SMILES string of the molecule is COCc1c(C(C=O)N=O)cc2n(c1=O)Cc1c-2nc2cc(C)c(C)c3c2c1CCC3. The fourth-order valence-electron chi connectivity index (χ4n) is 5.21. The topological polar surface area (TPSA) is 90.6 Å². The van der Waals surface area contributed by atoms with E-state index in [9.17, 15) is 14.5 Å². The number of aromatic nitrogens is 2. The molecule has 3 heterocycles. The molecule has 1 atom stereocenters. The first-order valence-corrected chi connectivity index (χ1v) is 10.5. The number of benzene rings is 1. The molecule has 1 aliphatic heterocycles. The molecular formula is C24H23N3O4. The van der Waals surface area contributed by atoms with Gasteiger partial charge in [-0.25, -0.2) is 4.98 Å². The summed E-state index contributed by atoms with van der Waals surface area (Å²) in [6, 6.07) is 2.59. The minimum absolute atomic E-state index is 0.00938. The molecule has 0 saturated heterocycles. The van der Waals surface area contributed by atoms with Crippen molar-refractivity contribution in [2.75, 3.05) is 7.11 Å². The molecule has 7 heteroatoms. The predicted octanol–water partition coefficient (Wildman–Crippen LogP) is 3.68. The van der Waals surface area contributed by atoms with Crippen LogP contribution in [0.25, 0.3) is 22.3 Å². The summed E-state index contributed by atoms with van der Waals surface area (Å²) in [5, 5.41) is 4.15. The van der Waals surface area contributed by atoms with E-state index in [0.29, 0.717) is 29.7 Å². The van der Waals surface area contributed by atoms with Crippen molar-refractivity contribution >= 4 is 17.2 Å². The number of aryl methyl sites for hydroxylation is 3. The summed E-state index contributed by atoms with van der Waals surface area (Å²) in [6.45, 7) is 4.72. The Morgan fingerprint density at radius 1 is 1.23 bits per heavy atom. The molecule has 1 aromatic carbocycles. The first-order chi connectivity index (χ1) is 15.0. The van der Waals surface area contributed by atoms with Crippen molar-refractivity contribution in [2.45, 2.75) is 52.3 Å². The summed E-state index contributed by atoms with van der Waals surface area (Å²) in [6.07, 6.45) is 3.52. The molecule has 0 fully saturated rings. The van der Waals surface area contributed by atoms with Crippen molar-refractivity contribution in [3.63, 3.8) is 0 Å². The van der Waals surface area contributed by atoms with Gasteiger partial charge in [-0.15, -0.1) is 4.91 Å². The Labute approximate surface area is 179 Å². The van der Waals surface area contributed by atoms with Gasteiger partial charge in [-0.1, -0.05) is 5.18 Å². The molecule has 2 aromatic heterocycles. The number of carbonyl (C=O) groups excluding carboxylic acids is 1. The fourth-order valence-corrected chi connectivity index (χ4v) is 5.21. The number of ether oxygens (including phenoxy) is 1. The Morgan fingerprint density at radius 3 is 2.71 bits per heavy atom. The number of rotatable bonds is 5. The molecule has 31 heavy (non-hydrogen) atoms. The number of carbonyl (C=O) groups is 1. The van der Waals surface area contributed by atoms with Crippen LogP contribution in [0.5, 0.6) is 0 Å². The second kappa shape index (κ2) is 7.20. The van der Waals surface area contributed by atoms with E-state index in [1.807, 2.05) is 0 Å². The van der Waals surface area contributed by atoms with Crippen LogP contribution >= 0.6 is 0 Å². The highest BCUT2D eigenvalue weighted by molar-refractivity contribution is 5.93. The Morgan fingerprint density at radius 2 is 2.00 bits per heavy atom. The first kappa shape index (κ1) is 19.8. The Hall–Kier alpha value is -3.19. The fraction of sp³-hybridized carbons (Fsp3) is 0.375. The standard InChI is InChI=1S/C24H23N3O4/c1-12-7-19-22-14(13(12)2)5-4-6-15(22)17-9-27-21(23(17)25-19)8-16(20(10-28)26-30)18(11-31-3)24(27)29/h7-8,10,20H,4-6,9,11H2,1-3H3.